The Kier molecular flexibility index (Phi) is 4.71. The molecule has 8 heteroatoms. The maximum Gasteiger partial charge on any atom is 0.240 e. The molecular formula is C14H19N5O3. The Labute approximate surface area is 128 Å². The number of likely N-dealkylation sites (tertiary alicyclic amines) is 1. The molecule has 0 bridgehead atoms. The molecule has 22 heavy (non-hydrogen) atoms. The van der Waals surface area contributed by atoms with Crippen molar-refractivity contribution in [2.24, 2.45) is 5.92 Å². The van der Waals surface area contributed by atoms with Crippen molar-refractivity contribution in [3.63, 3.8) is 0 Å². The molecule has 0 spiro atoms. The van der Waals surface area contributed by atoms with E-state index in [1.165, 1.54) is 0 Å². The van der Waals surface area contributed by atoms with Crippen molar-refractivity contribution >= 4 is 0 Å². The first kappa shape index (κ1) is 15.0. The summed E-state index contributed by atoms with van der Waals surface area (Å²) in [5, 5.41) is 14.0. The Balaban J connectivity index is 1.55. The summed E-state index contributed by atoms with van der Waals surface area (Å²) >= 11 is 0. The van der Waals surface area contributed by atoms with Crippen molar-refractivity contribution in [2.75, 3.05) is 20.2 Å². The van der Waals surface area contributed by atoms with Crippen LogP contribution in [-0.4, -0.2) is 56.4 Å². The van der Waals surface area contributed by atoms with Gasteiger partial charge in [-0.3, -0.25) is 14.9 Å². The van der Waals surface area contributed by atoms with Gasteiger partial charge in [-0.1, -0.05) is 5.16 Å². The van der Waals surface area contributed by atoms with E-state index in [1.807, 2.05) is 0 Å². The van der Waals surface area contributed by atoms with E-state index >= 15 is 0 Å². The molecule has 0 amide bonds. The van der Waals surface area contributed by atoms with E-state index in [9.17, 15) is 5.11 Å². The maximum absolute atomic E-state index is 10.2. The number of methoxy groups -OCH3 is 1. The molecule has 1 fully saturated rings. The largest absolute Gasteiger partial charge is 0.391 e. The van der Waals surface area contributed by atoms with E-state index < -0.39 is 0 Å². The molecule has 2 aromatic rings. The van der Waals surface area contributed by atoms with E-state index in [1.54, 1.807) is 25.7 Å². The molecule has 1 aliphatic rings. The standard InChI is InChI=1S/C14H19N5O3/c1-21-9-13-17-14(22-18-13)8-19-6-10(12(20)7-19)4-11-5-15-2-3-16-11/h2-3,5,10,12,20H,4,6-9H2,1H3/t10-,12-/m1/s1. The van der Waals surface area contributed by atoms with Gasteiger partial charge in [-0.2, -0.15) is 4.98 Å². The number of aliphatic hydroxyl groups is 1. The number of rotatable bonds is 6. The Bertz CT molecular complexity index is 591. The zero-order valence-corrected chi connectivity index (χ0v) is 12.4. The van der Waals surface area contributed by atoms with Crippen LogP contribution in [-0.2, 0) is 24.3 Å². The average Bonchev–Trinajstić information content (AvgIpc) is 3.08. The molecule has 0 saturated carbocycles. The number of aliphatic hydroxyl groups excluding tert-OH is 1. The highest BCUT2D eigenvalue weighted by Gasteiger charge is 2.32. The molecule has 1 saturated heterocycles. The zero-order chi connectivity index (χ0) is 15.4. The molecule has 1 N–H and O–H groups in total. The van der Waals surface area contributed by atoms with Crippen LogP contribution in [0.1, 0.15) is 17.4 Å². The lowest BCUT2D eigenvalue weighted by atomic mass is 10.0. The minimum absolute atomic E-state index is 0.137. The fourth-order valence-corrected chi connectivity index (χ4v) is 2.71. The van der Waals surface area contributed by atoms with Gasteiger partial charge < -0.3 is 14.4 Å². The predicted octanol–water partition coefficient (Wildman–Crippen LogP) is 0.0414. The summed E-state index contributed by atoms with van der Waals surface area (Å²) in [7, 11) is 1.59. The predicted molar refractivity (Wildman–Crippen MR) is 75.5 cm³/mol. The minimum atomic E-state index is -0.386. The van der Waals surface area contributed by atoms with Crippen molar-refractivity contribution in [2.45, 2.75) is 25.7 Å². The minimum Gasteiger partial charge on any atom is -0.391 e. The first-order valence-electron chi connectivity index (χ1n) is 7.20. The second kappa shape index (κ2) is 6.91. The van der Waals surface area contributed by atoms with Crippen LogP contribution in [0.3, 0.4) is 0 Å². The van der Waals surface area contributed by atoms with Crippen molar-refractivity contribution in [1.82, 2.24) is 25.0 Å². The highest BCUT2D eigenvalue weighted by Crippen LogP contribution is 2.22. The van der Waals surface area contributed by atoms with E-state index in [4.69, 9.17) is 9.26 Å². The monoisotopic (exact) mass is 305 g/mol. The molecule has 0 unspecified atom stereocenters. The third-order valence-corrected chi connectivity index (χ3v) is 3.71. The van der Waals surface area contributed by atoms with Crippen molar-refractivity contribution in [3.8, 4) is 0 Å². The number of β-amino-alcohol motifs (C(OH)–C–C–N with tert-alkyl or cyclic N) is 1. The average molecular weight is 305 g/mol. The third kappa shape index (κ3) is 3.65. The van der Waals surface area contributed by atoms with Crippen LogP contribution in [0.2, 0.25) is 0 Å². The number of nitrogens with zero attached hydrogens (tertiary/aromatic N) is 5. The summed E-state index contributed by atoms with van der Waals surface area (Å²) in [5.41, 5.74) is 0.897. The van der Waals surface area contributed by atoms with Gasteiger partial charge in [0.1, 0.15) is 6.61 Å². The first-order chi connectivity index (χ1) is 10.7. The van der Waals surface area contributed by atoms with Crippen molar-refractivity contribution < 1.29 is 14.4 Å². The van der Waals surface area contributed by atoms with Gasteiger partial charge in [0.2, 0.25) is 5.89 Å². The summed E-state index contributed by atoms with van der Waals surface area (Å²) in [5.74, 6) is 1.21. The Morgan fingerprint density at radius 1 is 1.41 bits per heavy atom. The van der Waals surface area contributed by atoms with E-state index in [0.29, 0.717) is 37.8 Å². The molecule has 118 valence electrons. The number of hydrogen-bond donors (Lipinski definition) is 1. The smallest absolute Gasteiger partial charge is 0.240 e. The lowest BCUT2D eigenvalue weighted by Gasteiger charge is -2.13. The van der Waals surface area contributed by atoms with Gasteiger partial charge in [-0.25, -0.2) is 0 Å². The molecular weight excluding hydrogens is 286 g/mol. The fourth-order valence-electron chi connectivity index (χ4n) is 2.71. The van der Waals surface area contributed by atoms with Crippen LogP contribution in [0.4, 0.5) is 0 Å². The lowest BCUT2D eigenvalue weighted by molar-refractivity contribution is 0.139. The summed E-state index contributed by atoms with van der Waals surface area (Å²) < 4.78 is 10.1. The van der Waals surface area contributed by atoms with E-state index in [-0.39, 0.29) is 12.0 Å². The van der Waals surface area contributed by atoms with Crippen LogP contribution >= 0.6 is 0 Å². The summed E-state index contributed by atoms with van der Waals surface area (Å²) in [6.45, 7) is 2.22. The molecule has 3 heterocycles. The third-order valence-electron chi connectivity index (χ3n) is 3.71. The highest BCUT2D eigenvalue weighted by atomic mass is 16.5. The van der Waals surface area contributed by atoms with E-state index in [0.717, 1.165) is 12.2 Å². The maximum atomic E-state index is 10.2. The molecule has 3 rings (SSSR count). The quantitative estimate of drug-likeness (QED) is 0.799. The van der Waals surface area contributed by atoms with Gasteiger partial charge in [-0.05, 0) is 6.42 Å². The zero-order valence-electron chi connectivity index (χ0n) is 12.4. The van der Waals surface area contributed by atoms with Gasteiger partial charge >= 0.3 is 0 Å². The van der Waals surface area contributed by atoms with Crippen molar-refractivity contribution in [3.05, 3.63) is 36.0 Å². The van der Waals surface area contributed by atoms with Crippen LogP contribution in [0.5, 0.6) is 0 Å². The van der Waals surface area contributed by atoms with Crippen LogP contribution in [0.15, 0.2) is 23.1 Å². The van der Waals surface area contributed by atoms with Crippen LogP contribution in [0.25, 0.3) is 0 Å². The van der Waals surface area contributed by atoms with Gasteiger partial charge in [0.05, 0.1) is 18.3 Å². The SMILES string of the molecule is COCc1noc(CN2C[C@@H](Cc3cnccn3)[C@H](O)C2)n1. The molecule has 0 aromatic carbocycles. The van der Waals surface area contributed by atoms with Crippen LogP contribution in [0, 0.1) is 5.92 Å². The summed E-state index contributed by atoms with van der Waals surface area (Å²) in [4.78, 5) is 14.7. The number of aromatic nitrogens is 4. The molecule has 2 aromatic heterocycles. The van der Waals surface area contributed by atoms with E-state index in [2.05, 4.69) is 25.0 Å². The highest BCUT2D eigenvalue weighted by molar-refractivity contribution is 5.00. The Hall–Kier alpha value is -1.90. The molecule has 8 nitrogen and oxygen atoms in total. The van der Waals surface area contributed by atoms with Crippen molar-refractivity contribution in [1.29, 1.82) is 0 Å². The summed E-state index contributed by atoms with van der Waals surface area (Å²) in [6, 6.07) is 0. The molecule has 1 aliphatic heterocycles. The number of ether oxygens (including phenoxy) is 1. The van der Waals surface area contributed by atoms with Gasteiger partial charge in [0.15, 0.2) is 5.82 Å². The molecule has 0 radical (unpaired) electrons. The molecule has 2 atom stereocenters. The topological polar surface area (TPSA) is 97.4 Å². The fraction of sp³-hybridized carbons (Fsp3) is 0.571. The first-order valence-corrected chi connectivity index (χ1v) is 7.20. The molecule has 0 aliphatic carbocycles. The Morgan fingerprint density at radius 3 is 3.09 bits per heavy atom. The van der Waals surface area contributed by atoms with Gasteiger partial charge in [0.25, 0.3) is 0 Å². The normalized spacial score (nSPS) is 22.3. The second-order valence-electron chi connectivity index (χ2n) is 5.46. The Morgan fingerprint density at radius 2 is 2.32 bits per heavy atom. The van der Waals surface area contributed by atoms with Crippen LogP contribution < -0.4 is 0 Å². The number of hydrogen-bond acceptors (Lipinski definition) is 8. The second-order valence-corrected chi connectivity index (χ2v) is 5.46. The van der Waals surface area contributed by atoms with Gasteiger partial charge in [0, 0.05) is 44.7 Å². The summed E-state index contributed by atoms with van der Waals surface area (Å²) in [6.07, 6.45) is 5.39. The van der Waals surface area contributed by atoms with Gasteiger partial charge in [-0.15, -0.1) is 0 Å². The lowest BCUT2D eigenvalue weighted by Crippen LogP contribution is -2.21.